The third-order valence-corrected chi connectivity index (χ3v) is 18.0. The molecule has 4 heteroatoms. The second kappa shape index (κ2) is 18.5. The van der Waals surface area contributed by atoms with Gasteiger partial charge in [0.05, 0.1) is 27.6 Å². The molecule has 0 fully saturated rings. The lowest BCUT2D eigenvalue weighted by atomic mass is 9.77. The Morgan fingerprint density at radius 3 is 1.39 bits per heavy atom. The number of aromatic nitrogens is 2. The second-order valence-corrected chi connectivity index (χ2v) is 27.6. The molecule has 0 spiro atoms. The minimum absolute atomic E-state index is 0.0463. The summed E-state index contributed by atoms with van der Waals surface area (Å²) in [5.74, 6) is 0.475. The summed E-state index contributed by atoms with van der Waals surface area (Å²) in [5, 5.41) is 12.5. The van der Waals surface area contributed by atoms with Gasteiger partial charge in [-0.3, -0.25) is 0 Å². The van der Waals surface area contributed by atoms with E-state index in [1.165, 1.54) is 104 Å². The Morgan fingerprint density at radius 1 is 0.378 bits per heavy atom. The third-order valence-electron chi connectivity index (χ3n) is 18.0. The van der Waals surface area contributed by atoms with Crippen LogP contribution in [-0.2, 0) is 16.2 Å². The predicted octanol–water partition coefficient (Wildman–Crippen LogP) is 22.2. The highest BCUT2D eigenvalue weighted by Crippen LogP contribution is 2.50. The highest BCUT2D eigenvalue weighted by molar-refractivity contribution is 6.37. The molecular weight excluding hydrogens is 993 g/mol. The SMILES string of the molecule is CC(C)(C)c1ccc(N(C2=CCC(C(C)(C)C)C=C2)c2ccc3cc4c5c6c7ccccc7n(-c7ccccc7)c6cc6c7cc8ccc(N(c9ccc(C(C)(C)C)cc9)c9ccc(C(C)(C)C)cc9)cc8cc7n(c4cc3c2)c65)cc1. The van der Waals surface area contributed by atoms with Crippen LogP contribution in [0, 0.1) is 11.3 Å². The summed E-state index contributed by atoms with van der Waals surface area (Å²) < 4.78 is 5.09. The van der Waals surface area contributed by atoms with E-state index in [9.17, 15) is 0 Å². The molecule has 10 aromatic carbocycles. The molecular formula is C78H74N4. The van der Waals surface area contributed by atoms with Gasteiger partial charge in [-0.2, -0.15) is 0 Å². The number of hydrogen-bond acceptors (Lipinski definition) is 2. The van der Waals surface area contributed by atoms with Gasteiger partial charge < -0.3 is 18.8 Å². The van der Waals surface area contributed by atoms with Gasteiger partial charge in [0.2, 0.25) is 0 Å². The minimum Gasteiger partial charge on any atom is -0.311 e. The lowest BCUT2D eigenvalue weighted by Crippen LogP contribution is -2.23. The van der Waals surface area contributed by atoms with E-state index in [1.807, 2.05) is 0 Å². The van der Waals surface area contributed by atoms with Crippen LogP contribution in [0.15, 0.2) is 218 Å². The van der Waals surface area contributed by atoms with Crippen molar-refractivity contribution in [2.45, 2.75) is 106 Å². The Morgan fingerprint density at radius 2 is 0.866 bits per heavy atom. The van der Waals surface area contributed by atoms with Gasteiger partial charge in [-0.1, -0.05) is 180 Å². The number of allylic oxidation sites excluding steroid dienone is 3. The fourth-order valence-electron chi connectivity index (χ4n) is 13.3. The monoisotopic (exact) mass is 1070 g/mol. The molecule has 1 aliphatic rings. The normalized spacial score (nSPS) is 14.7. The molecule has 14 rings (SSSR count). The average Bonchev–Trinajstić information content (AvgIpc) is 1.97. The van der Waals surface area contributed by atoms with Gasteiger partial charge in [0.1, 0.15) is 0 Å². The Labute approximate surface area is 483 Å². The molecule has 0 amide bonds. The number of hydrogen-bond donors (Lipinski definition) is 0. The van der Waals surface area contributed by atoms with Crippen molar-refractivity contribution in [3.8, 4) is 5.69 Å². The van der Waals surface area contributed by atoms with Gasteiger partial charge in [-0.05, 0) is 188 Å². The summed E-state index contributed by atoms with van der Waals surface area (Å²) in [4.78, 5) is 4.90. The summed E-state index contributed by atoms with van der Waals surface area (Å²) in [6, 6.07) is 74.1. The fourth-order valence-corrected chi connectivity index (χ4v) is 13.3. The molecule has 1 aliphatic carbocycles. The Balaban J connectivity index is 1.02. The molecule has 0 bridgehead atoms. The molecule has 13 aromatic rings. The van der Waals surface area contributed by atoms with Crippen molar-refractivity contribution >= 4 is 110 Å². The van der Waals surface area contributed by atoms with Crippen LogP contribution >= 0.6 is 0 Å². The van der Waals surface area contributed by atoms with E-state index in [4.69, 9.17) is 0 Å². The van der Waals surface area contributed by atoms with Crippen LogP contribution in [0.5, 0.6) is 0 Å². The molecule has 4 nitrogen and oxygen atoms in total. The van der Waals surface area contributed by atoms with Crippen molar-refractivity contribution in [2.24, 2.45) is 11.3 Å². The summed E-state index contributed by atoms with van der Waals surface area (Å²) in [6.45, 7) is 27.7. The van der Waals surface area contributed by atoms with E-state index in [0.717, 1.165) is 40.5 Å². The number of rotatable bonds is 7. The van der Waals surface area contributed by atoms with Crippen LogP contribution < -0.4 is 9.80 Å². The van der Waals surface area contributed by atoms with E-state index >= 15 is 0 Å². The van der Waals surface area contributed by atoms with Crippen LogP contribution in [0.2, 0.25) is 0 Å². The number of nitrogens with zero attached hydrogens (tertiary/aromatic N) is 4. The summed E-state index contributed by atoms with van der Waals surface area (Å²) in [5.41, 5.74) is 18.5. The van der Waals surface area contributed by atoms with Crippen LogP contribution in [0.25, 0.3) is 87.1 Å². The molecule has 0 saturated heterocycles. The lowest BCUT2D eigenvalue weighted by molar-refractivity contribution is 0.293. The first-order valence-corrected chi connectivity index (χ1v) is 29.6. The summed E-state index contributed by atoms with van der Waals surface area (Å²) in [7, 11) is 0. The maximum Gasteiger partial charge on any atom is 0.0628 e. The summed E-state index contributed by atoms with van der Waals surface area (Å²) >= 11 is 0. The number of para-hydroxylation sites is 2. The zero-order chi connectivity index (χ0) is 56.8. The van der Waals surface area contributed by atoms with Crippen LogP contribution in [0.1, 0.15) is 106 Å². The molecule has 0 radical (unpaired) electrons. The van der Waals surface area contributed by atoms with Crippen LogP contribution in [0.4, 0.5) is 28.4 Å². The third kappa shape index (κ3) is 8.47. The zero-order valence-corrected chi connectivity index (χ0v) is 49.8. The van der Waals surface area contributed by atoms with Crippen molar-refractivity contribution in [2.75, 3.05) is 9.80 Å². The Bertz CT molecular complexity index is 4650. The Kier molecular flexibility index (Phi) is 11.6. The molecule has 3 aromatic heterocycles. The molecule has 3 heterocycles. The largest absolute Gasteiger partial charge is 0.311 e. The first-order valence-electron chi connectivity index (χ1n) is 29.6. The average molecular weight is 1070 g/mol. The number of benzene rings is 10. The molecule has 0 saturated carbocycles. The molecule has 1 atom stereocenters. The molecule has 406 valence electrons. The van der Waals surface area contributed by atoms with Gasteiger partial charge in [0, 0.05) is 72.1 Å². The van der Waals surface area contributed by atoms with Crippen molar-refractivity contribution < 1.29 is 0 Å². The smallest absolute Gasteiger partial charge is 0.0628 e. The topological polar surface area (TPSA) is 15.8 Å². The first kappa shape index (κ1) is 51.5. The van der Waals surface area contributed by atoms with Crippen molar-refractivity contribution in [3.05, 3.63) is 235 Å². The number of anilines is 5. The van der Waals surface area contributed by atoms with Crippen molar-refractivity contribution in [1.29, 1.82) is 0 Å². The van der Waals surface area contributed by atoms with Gasteiger partial charge >= 0.3 is 0 Å². The van der Waals surface area contributed by atoms with Gasteiger partial charge in [-0.15, -0.1) is 0 Å². The molecule has 1 unspecified atom stereocenters. The van der Waals surface area contributed by atoms with E-state index < -0.39 is 0 Å². The van der Waals surface area contributed by atoms with E-state index in [0.29, 0.717) is 5.92 Å². The maximum atomic E-state index is 2.61. The van der Waals surface area contributed by atoms with E-state index in [2.05, 4.69) is 314 Å². The van der Waals surface area contributed by atoms with E-state index in [1.54, 1.807) is 0 Å². The minimum atomic E-state index is 0.0463. The van der Waals surface area contributed by atoms with Crippen LogP contribution in [0.3, 0.4) is 0 Å². The van der Waals surface area contributed by atoms with E-state index in [-0.39, 0.29) is 21.7 Å². The fraction of sp³-hybridized carbons (Fsp3) is 0.231. The van der Waals surface area contributed by atoms with Gasteiger partial charge in [-0.25, -0.2) is 0 Å². The molecule has 0 N–H and O–H groups in total. The van der Waals surface area contributed by atoms with Crippen LogP contribution in [-0.4, -0.2) is 8.97 Å². The predicted molar refractivity (Wildman–Crippen MR) is 355 cm³/mol. The first-order chi connectivity index (χ1) is 39.2. The summed E-state index contributed by atoms with van der Waals surface area (Å²) in [6.07, 6.45) is 8.26. The Hall–Kier alpha value is -8.60. The quantitative estimate of drug-likeness (QED) is 0.158. The molecule has 82 heavy (non-hydrogen) atoms. The number of fused-ring (bicyclic) bond motifs is 12. The highest BCUT2D eigenvalue weighted by atomic mass is 15.2. The van der Waals surface area contributed by atoms with Gasteiger partial charge in [0.15, 0.2) is 0 Å². The lowest BCUT2D eigenvalue weighted by Gasteiger charge is -2.33. The second-order valence-electron chi connectivity index (χ2n) is 27.6. The van der Waals surface area contributed by atoms with Crippen molar-refractivity contribution in [3.63, 3.8) is 0 Å². The van der Waals surface area contributed by atoms with Gasteiger partial charge in [0.25, 0.3) is 0 Å². The highest BCUT2D eigenvalue weighted by Gasteiger charge is 2.29. The van der Waals surface area contributed by atoms with Crippen molar-refractivity contribution in [1.82, 2.24) is 8.97 Å². The zero-order valence-electron chi connectivity index (χ0n) is 49.8. The maximum absolute atomic E-state index is 2.61. The standard InChI is InChI=1S/C78H74N4/c1-75(2,3)53-24-34-58(35-25-53)79(59-36-26-54(27-37-59)76(4,5)6)62-32-22-49-44-65-66-48-71-72(64-20-16-17-21-68(64)81(71)57-18-14-13-15-19-57)73-67-45-50-23-33-63(43-52(50)47-70(67)82(74(66)73)69(65)46-51(49)42-62)80(60-38-28-55(29-39-60)77(7,8)9)61-40-30-56(31-41-61)78(10,11)12/h13-30,32-48,56H,31H2,1-12H3. The molecule has 0 aliphatic heterocycles.